The minimum absolute atomic E-state index is 0.0947. The van der Waals surface area contributed by atoms with E-state index < -0.39 is 11.7 Å². The maximum Gasteiger partial charge on any atom is 0.265 e. The molecule has 2 aromatic rings. The lowest BCUT2D eigenvalue weighted by Crippen LogP contribution is -2.17. The Hall–Kier alpha value is -2.93. The van der Waals surface area contributed by atoms with E-state index in [1.54, 1.807) is 31.2 Å². The van der Waals surface area contributed by atoms with Crippen LogP contribution in [0.5, 0.6) is 0 Å². The molecule has 0 atom stereocenters. The fraction of sp³-hybridized carbons (Fsp3) is 0.167. The van der Waals surface area contributed by atoms with Crippen molar-refractivity contribution in [2.24, 2.45) is 5.16 Å². The number of amides is 2. The first kappa shape index (κ1) is 19.4. The van der Waals surface area contributed by atoms with Gasteiger partial charge in [0, 0.05) is 12.6 Å². The first-order chi connectivity index (χ1) is 12.3. The number of nitrogens with zero attached hydrogens (tertiary/aromatic N) is 1. The average Bonchev–Trinajstić information content (AvgIpc) is 2.57. The number of carbonyl (C=O) groups is 2. The number of hydrogen-bond donors (Lipinski definition) is 2. The van der Waals surface area contributed by atoms with Gasteiger partial charge in [-0.3, -0.25) is 9.59 Å². The van der Waals surface area contributed by atoms with Gasteiger partial charge < -0.3 is 15.5 Å². The standard InChI is InChI=1S/C18H17ClFN3O3/c1-11(13-3-6-15(7-4-13)21-12(2)24)23-26-10-18(25)22-17-8-5-14(20)9-16(17)19/h3-9H,10H2,1-2H3,(H,21,24)(H,22,25)/b23-11+. The molecule has 2 rings (SSSR count). The minimum atomic E-state index is -0.492. The van der Waals surface area contributed by atoms with Crippen LogP contribution in [-0.4, -0.2) is 24.1 Å². The van der Waals surface area contributed by atoms with Crippen LogP contribution in [0.15, 0.2) is 47.6 Å². The van der Waals surface area contributed by atoms with Gasteiger partial charge >= 0.3 is 0 Å². The van der Waals surface area contributed by atoms with Crippen molar-refractivity contribution >= 4 is 40.5 Å². The van der Waals surface area contributed by atoms with Gasteiger partial charge in [-0.15, -0.1) is 0 Å². The summed E-state index contributed by atoms with van der Waals surface area (Å²) in [5, 5.41) is 9.14. The molecular weight excluding hydrogens is 361 g/mol. The quantitative estimate of drug-likeness (QED) is 0.593. The molecule has 0 aromatic heterocycles. The monoisotopic (exact) mass is 377 g/mol. The molecule has 0 saturated carbocycles. The molecule has 0 aliphatic carbocycles. The molecule has 26 heavy (non-hydrogen) atoms. The van der Waals surface area contributed by atoms with E-state index in [1.807, 2.05) is 0 Å². The van der Waals surface area contributed by atoms with Gasteiger partial charge in [0.05, 0.1) is 16.4 Å². The van der Waals surface area contributed by atoms with E-state index in [4.69, 9.17) is 16.4 Å². The van der Waals surface area contributed by atoms with Gasteiger partial charge in [-0.05, 0) is 42.8 Å². The molecule has 2 amide bonds. The Morgan fingerprint density at radius 3 is 2.42 bits per heavy atom. The Morgan fingerprint density at radius 1 is 1.12 bits per heavy atom. The number of benzene rings is 2. The van der Waals surface area contributed by atoms with Gasteiger partial charge in [0.25, 0.3) is 5.91 Å². The summed E-state index contributed by atoms with van der Waals surface area (Å²) in [5.74, 6) is -1.12. The van der Waals surface area contributed by atoms with Crippen LogP contribution in [0.1, 0.15) is 19.4 Å². The number of oxime groups is 1. The van der Waals surface area contributed by atoms with Gasteiger partial charge in [-0.1, -0.05) is 28.9 Å². The Balaban J connectivity index is 1.88. The number of hydrogen-bond acceptors (Lipinski definition) is 4. The molecule has 0 unspecified atom stereocenters. The highest BCUT2D eigenvalue weighted by molar-refractivity contribution is 6.33. The van der Waals surface area contributed by atoms with E-state index in [1.165, 1.54) is 19.1 Å². The SMILES string of the molecule is CC(=O)Nc1ccc(/C(C)=N/OCC(=O)Nc2ccc(F)cc2Cl)cc1. The Labute approximate surface area is 155 Å². The molecule has 0 aliphatic heterocycles. The van der Waals surface area contributed by atoms with Crippen molar-refractivity contribution < 1.29 is 18.8 Å². The second-order valence-electron chi connectivity index (χ2n) is 5.38. The third-order valence-electron chi connectivity index (χ3n) is 3.23. The molecule has 2 aromatic carbocycles. The largest absolute Gasteiger partial charge is 0.385 e. The van der Waals surface area contributed by atoms with Crippen molar-refractivity contribution in [3.05, 3.63) is 58.9 Å². The fourth-order valence-electron chi connectivity index (χ4n) is 2.02. The number of rotatable bonds is 6. The van der Waals surface area contributed by atoms with Gasteiger partial charge in [0.2, 0.25) is 5.91 Å². The molecule has 0 spiro atoms. The second-order valence-corrected chi connectivity index (χ2v) is 5.79. The van der Waals surface area contributed by atoms with E-state index >= 15 is 0 Å². The van der Waals surface area contributed by atoms with Crippen molar-refractivity contribution in [1.82, 2.24) is 0 Å². The molecule has 0 fully saturated rings. The summed E-state index contributed by atoms with van der Waals surface area (Å²) in [6.07, 6.45) is 0. The van der Waals surface area contributed by atoms with E-state index in [9.17, 15) is 14.0 Å². The van der Waals surface area contributed by atoms with E-state index in [2.05, 4.69) is 15.8 Å². The Bertz CT molecular complexity index is 838. The summed E-state index contributed by atoms with van der Waals surface area (Å²) in [4.78, 5) is 27.8. The van der Waals surface area contributed by atoms with Crippen LogP contribution < -0.4 is 10.6 Å². The number of anilines is 2. The smallest absolute Gasteiger partial charge is 0.265 e. The molecule has 0 bridgehead atoms. The zero-order valence-electron chi connectivity index (χ0n) is 14.2. The van der Waals surface area contributed by atoms with Crippen molar-refractivity contribution in [3.8, 4) is 0 Å². The highest BCUT2D eigenvalue weighted by atomic mass is 35.5. The zero-order chi connectivity index (χ0) is 19.1. The summed E-state index contributed by atoms with van der Waals surface area (Å²) in [7, 11) is 0. The predicted octanol–water partition coefficient (Wildman–Crippen LogP) is 3.82. The molecule has 0 heterocycles. The summed E-state index contributed by atoms with van der Waals surface area (Å²) >= 11 is 5.83. The molecule has 2 N–H and O–H groups in total. The summed E-state index contributed by atoms with van der Waals surface area (Å²) in [6.45, 7) is 2.83. The van der Waals surface area contributed by atoms with Crippen LogP contribution in [0.2, 0.25) is 5.02 Å². The van der Waals surface area contributed by atoms with Crippen molar-refractivity contribution in [2.75, 3.05) is 17.2 Å². The van der Waals surface area contributed by atoms with Gasteiger partial charge in [-0.25, -0.2) is 4.39 Å². The van der Waals surface area contributed by atoms with Gasteiger partial charge in [0.15, 0.2) is 6.61 Å². The lowest BCUT2D eigenvalue weighted by atomic mass is 10.1. The minimum Gasteiger partial charge on any atom is -0.385 e. The summed E-state index contributed by atoms with van der Waals surface area (Å²) in [6, 6.07) is 10.7. The van der Waals surface area contributed by atoms with Crippen LogP contribution in [0.4, 0.5) is 15.8 Å². The lowest BCUT2D eigenvalue weighted by molar-refractivity contribution is -0.120. The van der Waals surface area contributed by atoms with Crippen LogP contribution in [0.3, 0.4) is 0 Å². The van der Waals surface area contributed by atoms with E-state index in [-0.39, 0.29) is 23.2 Å². The van der Waals surface area contributed by atoms with Crippen LogP contribution in [-0.2, 0) is 14.4 Å². The molecule has 136 valence electrons. The van der Waals surface area contributed by atoms with Gasteiger partial charge in [0.1, 0.15) is 5.82 Å². The molecule has 8 heteroatoms. The summed E-state index contributed by atoms with van der Waals surface area (Å²) in [5.41, 5.74) is 2.30. The predicted molar refractivity (Wildman–Crippen MR) is 98.9 cm³/mol. The molecule has 0 radical (unpaired) electrons. The molecule has 0 saturated heterocycles. The second kappa shape index (κ2) is 8.96. The summed E-state index contributed by atoms with van der Waals surface area (Å²) < 4.78 is 13.0. The first-order valence-electron chi connectivity index (χ1n) is 7.64. The number of carbonyl (C=O) groups excluding carboxylic acids is 2. The zero-order valence-corrected chi connectivity index (χ0v) is 14.9. The van der Waals surface area contributed by atoms with Crippen LogP contribution in [0.25, 0.3) is 0 Å². The van der Waals surface area contributed by atoms with Crippen LogP contribution >= 0.6 is 11.6 Å². The third-order valence-corrected chi connectivity index (χ3v) is 3.54. The molecule has 6 nitrogen and oxygen atoms in total. The van der Waals surface area contributed by atoms with E-state index in [0.717, 1.165) is 11.6 Å². The van der Waals surface area contributed by atoms with Crippen LogP contribution in [0, 0.1) is 5.82 Å². The van der Waals surface area contributed by atoms with Crippen molar-refractivity contribution in [3.63, 3.8) is 0 Å². The van der Waals surface area contributed by atoms with E-state index in [0.29, 0.717) is 11.4 Å². The average molecular weight is 378 g/mol. The highest BCUT2D eigenvalue weighted by Gasteiger charge is 2.07. The Kier molecular flexibility index (Phi) is 6.68. The first-order valence-corrected chi connectivity index (χ1v) is 8.02. The fourth-order valence-corrected chi connectivity index (χ4v) is 2.23. The topological polar surface area (TPSA) is 79.8 Å². The number of nitrogens with one attached hydrogen (secondary N) is 2. The highest BCUT2D eigenvalue weighted by Crippen LogP contribution is 2.22. The molecular formula is C18H17ClFN3O3. The third kappa shape index (κ3) is 5.86. The van der Waals surface area contributed by atoms with Crippen molar-refractivity contribution in [1.29, 1.82) is 0 Å². The maximum absolute atomic E-state index is 13.0. The maximum atomic E-state index is 13.0. The Morgan fingerprint density at radius 2 is 1.81 bits per heavy atom. The normalized spacial score (nSPS) is 11.0. The van der Waals surface area contributed by atoms with Gasteiger partial charge in [-0.2, -0.15) is 0 Å². The van der Waals surface area contributed by atoms with Crippen molar-refractivity contribution in [2.45, 2.75) is 13.8 Å². The lowest BCUT2D eigenvalue weighted by Gasteiger charge is -2.07. The molecule has 0 aliphatic rings. The number of halogens is 2.